The number of carbonyl (C=O) groups excluding carboxylic acids is 1. The molecule has 0 aromatic carbocycles. The van der Waals surface area contributed by atoms with E-state index in [-0.39, 0.29) is 6.29 Å². The van der Waals surface area contributed by atoms with E-state index in [0.29, 0.717) is 0 Å². The molecule has 0 unspecified atom stereocenters. The summed E-state index contributed by atoms with van der Waals surface area (Å²) in [5.74, 6) is 0. The summed E-state index contributed by atoms with van der Waals surface area (Å²) in [4.78, 5) is 9.62. The van der Waals surface area contributed by atoms with Crippen LogP contribution in [-0.2, 0) is 4.79 Å². The van der Waals surface area contributed by atoms with Crippen molar-refractivity contribution in [1.29, 1.82) is 0 Å². The molecule has 0 saturated heterocycles. The fourth-order valence-corrected chi connectivity index (χ4v) is 0.339. The van der Waals surface area contributed by atoms with Crippen molar-refractivity contribution >= 4 is 29.5 Å². The first-order valence-corrected chi connectivity index (χ1v) is 2.73. The Bertz CT molecular complexity index is 172. The van der Waals surface area contributed by atoms with E-state index < -0.39 is 16.2 Å². The van der Waals surface area contributed by atoms with Gasteiger partial charge in [0, 0.05) is 0 Å². The predicted octanol–water partition coefficient (Wildman–Crippen LogP) is 2.44. The zero-order valence-electron chi connectivity index (χ0n) is 4.38. The van der Waals surface area contributed by atoms with Crippen LogP contribution >= 0.6 is 23.2 Å². The van der Waals surface area contributed by atoms with E-state index in [1.54, 1.807) is 0 Å². The number of alkyl halides is 3. The van der Waals surface area contributed by atoms with E-state index in [2.05, 4.69) is 11.6 Å². The molecule has 0 aliphatic rings. The Balaban J connectivity index is 4.63. The highest BCUT2D eigenvalue weighted by atomic mass is 35.5. The lowest BCUT2D eigenvalue weighted by molar-refractivity contribution is -0.106. The summed E-state index contributed by atoms with van der Waals surface area (Å²) in [6.45, 7) is 0. The number of rotatable bonds is 1. The molecule has 0 N–H and O–H groups in total. The van der Waals surface area contributed by atoms with Gasteiger partial charge in [-0.25, -0.2) is 0 Å². The van der Waals surface area contributed by atoms with Crippen molar-refractivity contribution in [2.24, 2.45) is 0 Å². The highest BCUT2D eigenvalue weighted by molar-refractivity contribution is 6.45. The molecule has 0 aromatic heterocycles. The summed E-state index contributed by atoms with van der Waals surface area (Å²) in [7, 11) is 0. The topological polar surface area (TPSA) is 17.1 Å². The summed E-state index contributed by atoms with van der Waals surface area (Å²) >= 11 is 9.36. The zero-order valence-corrected chi connectivity index (χ0v) is 5.89. The number of hydrogen-bond donors (Lipinski definition) is 0. The van der Waals surface area contributed by atoms with Gasteiger partial charge in [0.2, 0.25) is 0 Å². The molecule has 0 atom stereocenters. The van der Waals surface area contributed by atoms with Crippen molar-refractivity contribution in [1.82, 2.24) is 0 Å². The fourth-order valence-electron chi connectivity index (χ4n) is 0.187. The van der Waals surface area contributed by atoms with Crippen LogP contribution in [0.4, 0.5) is 13.2 Å². The van der Waals surface area contributed by atoms with Crippen molar-refractivity contribution in [3.05, 3.63) is 10.1 Å². The quantitative estimate of drug-likeness (QED) is 0.461. The van der Waals surface area contributed by atoms with Crippen LogP contribution in [0.5, 0.6) is 0 Å². The van der Waals surface area contributed by atoms with Gasteiger partial charge >= 0.3 is 6.18 Å². The third-order valence-electron chi connectivity index (χ3n) is 0.562. The Morgan fingerprint density at radius 3 is 1.80 bits per heavy atom. The van der Waals surface area contributed by atoms with Gasteiger partial charge in [-0.2, -0.15) is 13.2 Å². The molecule has 0 heterocycles. The third-order valence-corrected chi connectivity index (χ3v) is 1.35. The second kappa shape index (κ2) is 3.25. The van der Waals surface area contributed by atoms with Crippen LogP contribution < -0.4 is 0 Å². The molecule has 10 heavy (non-hydrogen) atoms. The van der Waals surface area contributed by atoms with Crippen LogP contribution in [0, 0.1) is 0 Å². The van der Waals surface area contributed by atoms with Gasteiger partial charge in [0.25, 0.3) is 0 Å². The van der Waals surface area contributed by atoms with E-state index in [9.17, 15) is 18.0 Å². The normalized spacial score (nSPS) is 14.5. The summed E-state index contributed by atoms with van der Waals surface area (Å²) in [6, 6.07) is 0. The average molecular weight is 193 g/mol. The summed E-state index contributed by atoms with van der Waals surface area (Å²) < 4.78 is 34.4. The molecule has 0 spiro atoms. The molecule has 58 valence electrons. The smallest absolute Gasteiger partial charge is 0.297 e. The van der Waals surface area contributed by atoms with Crippen LogP contribution in [0.1, 0.15) is 0 Å². The molecule has 0 aromatic rings. The van der Waals surface area contributed by atoms with Crippen molar-refractivity contribution in [3.63, 3.8) is 0 Å². The first-order valence-electron chi connectivity index (χ1n) is 1.97. The Morgan fingerprint density at radius 2 is 1.70 bits per heavy atom. The molecule has 0 fully saturated rings. The Kier molecular flexibility index (Phi) is 3.18. The summed E-state index contributed by atoms with van der Waals surface area (Å²) in [5.41, 5.74) is 0. The van der Waals surface area contributed by atoms with Crippen molar-refractivity contribution in [2.75, 3.05) is 0 Å². The molecule has 0 aliphatic heterocycles. The number of allylic oxidation sites excluding steroid dienone is 2. The molecule has 1 nitrogen and oxygen atoms in total. The highest BCUT2D eigenvalue weighted by Crippen LogP contribution is 2.31. The minimum Gasteiger partial charge on any atom is -0.297 e. The van der Waals surface area contributed by atoms with Gasteiger partial charge in [0.05, 0.1) is 0 Å². The van der Waals surface area contributed by atoms with Crippen LogP contribution in [0.2, 0.25) is 0 Å². The minimum atomic E-state index is -4.74. The molecule has 0 rings (SSSR count). The van der Waals surface area contributed by atoms with Gasteiger partial charge in [0.15, 0.2) is 6.29 Å². The second-order valence-corrected chi connectivity index (χ2v) is 2.06. The minimum absolute atomic E-state index is 0.169. The number of aldehydes is 1. The maximum absolute atomic E-state index is 11.5. The summed E-state index contributed by atoms with van der Waals surface area (Å²) in [5, 5.41) is -2.63. The molecule has 6 heteroatoms. The lowest BCUT2D eigenvalue weighted by Crippen LogP contribution is -2.08. The molecule has 0 saturated carbocycles. The average Bonchev–Trinajstić information content (AvgIpc) is 1.83. The Hall–Kier alpha value is -0.220. The largest absolute Gasteiger partial charge is 0.428 e. The third kappa shape index (κ3) is 2.58. The molecule has 0 bridgehead atoms. The standard InChI is InChI=1S/C4HCl2F3O/c5-2(1-10)3(6)4(7,8)9/h1H/b3-2+. The van der Waals surface area contributed by atoms with Crippen molar-refractivity contribution in [3.8, 4) is 0 Å². The monoisotopic (exact) mass is 192 g/mol. The van der Waals surface area contributed by atoms with E-state index in [0.717, 1.165) is 0 Å². The van der Waals surface area contributed by atoms with E-state index in [1.807, 2.05) is 0 Å². The van der Waals surface area contributed by atoms with Gasteiger partial charge in [-0.3, -0.25) is 4.79 Å². The summed E-state index contributed by atoms with van der Waals surface area (Å²) in [6.07, 6.45) is -4.91. The highest BCUT2D eigenvalue weighted by Gasteiger charge is 2.34. The maximum Gasteiger partial charge on any atom is 0.428 e. The van der Waals surface area contributed by atoms with Gasteiger partial charge in [-0.05, 0) is 0 Å². The second-order valence-electron chi connectivity index (χ2n) is 1.28. The van der Waals surface area contributed by atoms with Crippen LogP contribution in [-0.4, -0.2) is 12.5 Å². The van der Waals surface area contributed by atoms with Gasteiger partial charge < -0.3 is 0 Å². The van der Waals surface area contributed by atoms with Gasteiger partial charge in [-0.15, -0.1) is 0 Å². The number of hydrogen-bond acceptors (Lipinski definition) is 1. The van der Waals surface area contributed by atoms with Gasteiger partial charge in [0.1, 0.15) is 10.1 Å². The van der Waals surface area contributed by atoms with E-state index in [4.69, 9.17) is 11.6 Å². The molecular weight excluding hydrogens is 192 g/mol. The first-order chi connectivity index (χ1) is 4.39. The van der Waals surface area contributed by atoms with E-state index >= 15 is 0 Å². The van der Waals surface area contributed by atoms with Crippen LogP contribution in [0.25, 0.3) is 0 Å². The fraction of sp³-hybridized carbons (Fsp3) is 0.250. The lowest BCUT2D eigenvalue weighted by atomic mass is 10.5. The SMILES string of the molecule is O=C/C(Cl)=C(\Cl)C(F)(F)F. The number of halogens is 5. The van der Waals surface area contributed by atoms with E-state index in [1.165, 1.54) is 0 Å². The zero-order chi connectivity index (χ0) is 8.36. The van der Waals surface area contributed by atoms with Gasteiger partial charge in [-0.1, -0.05) is 23.2 Å². The molecule has 0 aliphatic carbocycles. The Morgan fingerprint density at radius 1 is 1.30 bits per heavy atom. The van der Waals surface area contributed by atoms with Crippen molar-refractivity contribution < 1.29 is 18.0 Å². The van der Waals surface area contributed by atoms with Crippen molar-refractivity contribution in [2.45, 2.75) is 6.18 Å². The van der Waals surface area contributed by atoms with Crippen LogP contribution in [0.3, 0.4) is 0 Å². The van der Waals surface area contributed by atoms with Crippen LogP contribution in [0.15, 0.2) is 10.1 Å². The molecular formula is C4HCl2F3O. The lowest BCUT2D eigenvalue weighted by Gasteiger charge is -2.02. The predicted molar refractivity (Wildman–Crippen MR) is 30.9 cm³/mol. The maximum atomic E-state index is 11.5. The number of carbonyl (C=O) groups is 1. The Labute approximate surface area is 64.4 Å². The molecule has 0 amide bonds. The first kappa shape index (κ1) is 9.78. The molecule has 0 radical (unpaired) electrons.